The summed E-state index contributed by atoms with van der Waals surface area (Å²) in [6.07, 6.45) is 0. The minimum Gasteiger partial charge on any atom is -0.310 e. The molecule has 0 saturated heterocycles. The summed E-state index contributed by atoms with van der Waals surface area (Å²) < 4.78 is 2.65. The Hall–Kier alpha value is -7.00. The van der Waals surface area contributed by atoms with Crippen molar-refractivity contribution < 1.29 is 0 Å². The molecule has 2 aliphatic carbocycles. The summed E-state index contributed by atoms with van der Waals surface area (Å²) in [5.41, 5.74) is 20.0. The third-order valence-electron chi connectivity index (χ3n) is 13.7. The minimum atomic E-state index is -0.308. The van der Waals surface area contributed by atoms with Gasteiger partial charge in [0.05, 0.1) is 0 Å². The quantitative estimate of drug-likeness (QED) is 0.162. The maximum Gasteiger partial charge on any atom is 0.0467 e. The number of benzene rings is 9. The van der Waals surface area contributed by atoms with Crippen LogP contribution in [-0.2, 0) is 10.8 Å². The Morgan fingerprint density at radius 2 is 0.951 bits per heavy atom. The Morgan fingerprint density at radius 3 is 1.79 bits per heavy atom. The molecule has 1 heterocycles. The largest absolute Gasteiger partial charge is 0.310 e. The highest BCUT2D eigenvalue weighted by Gasteiger charge is 2.41. The second-order valence-corrected chi connectivity index (χ2v) is 18.5. The number of hydrogen-bond acceptors (Lipinski definition) is 2. The molecule has 0 fully saturated rings. The predicted octanol–water partition coefficient (Wildman–Crippen LogP) is 16.5. The molecule has 1 aromatic heterocycles. The molecule has 10 aromatic rings. The average molecular weight is 798 g/mol. The lowest BCUT2D eigenvalue weighted by Gasteiger charge is -2.31. The fourth-order valence-corrected chi connectivity index (χ4v) is 11.8. The van der Waals surface area contributed by atoms with Crippen molar-refractivity contribution in [2.75, 3.05) is 4.90 Å². The van der Waals surface area contributed by atoms with E-state index in [4.69, 9.17) is 0 Å². The van der Waals surface area contributed by atoms with Crippen LogP contribution < -0.4 is 4.90 Å². The number of anilines is 3. The van der Waals surface area contributed by atoms with Gasteiger partial charge in [0, 0.05) is 48.1 Å². The molecule has 0 radical (unpaired) electrons. The van der Waals surface area contributed by atoms with Gasteiger partial charge in [0.25, 0.3) is 0 Å². The van der Waals surface area contributed by atoms with Gasteiger partial charge in [-0.25, -0.2) is 0 Å². The van der Waals surface area contributed by atoms with E-state index in [0.29, 0.717) is 0 Å². The van der Waals surface area contributed by atoms with Crippen LogP contribution in [0.15, 0.2) is 206 Å². The van der Waals surface area contributed by atoms with E-state index in [1.54, 1.807) is 0 Å². The van der Waals surface area contributed by atoms with Gasteiger partial charge in [0.15, 0.2) is 0 Å². The van der Waals surface area contributed by atoms with E-state index >= 15 is 0 Å². The van der Waals surface area contributed by atoms with Gasteiger partial charge < -0.3 is 4.90 Å². The first-order valence-electron chi connectivity index (χ1n) is 21.3. The van der Waals surface area contributed by atoms with Gasteiger partial charge in [-0.05, 0) is 134 Å². The lowest BCUT2D eigenvalue weighted by molar-refractivity contribution is 0.662. The van der Waals surface area contributed by atoms with Gasteiger partial charge in [-0.2, -0.15) is 0 Å². The molecule has 290 valence electrons. The lowest BCUT2D eigenvalue weighted by Crippen LogP contribution is -2.22. The Bertz CT molecular complexity index is 3350. The second kappa shape index (κ2) is 13.5. The number of rotatable bonds is 6. The zero-order valence-corrected chi connectivity index (χ0v) is 35.3. The molecule has 1 unspecified atom stereocenters. The number of nitrogens with zero attached hydrogens (tertiary/aromatic N) is 1. The van der Waals surface area contributed by atoms with Crippen molar-refractivity contribution in [3.8, 4) is 44.5 Å². The number of fused-ring (bicyclic) bond motifs is 9. The smallest absolute Gasteiger partial charge is 0.0467 e. The molecule has 0 saturated carbocycles. The molecule has 0 aliphatic heterocycles. The monoisotopic (exact) mass is 797 g/mol. The summed E-state index contributed by atoms with van der Waals surface area (Å²) in [4.78, 5) is 2.45. The van der Waals surface area contributed by atoms with Crippen molar-refractivity contribution >= 4 is 48.6 Å². The maximum absolute atomic E-state index is 2.45. The van der Waals surface area contributed by atoms with Crippen molar-refractivity contribution in [2.24, 2.45) is 0 Å². The lowest BCUT2D eigenvalue weighted by atomic mass is 9.74. The molecule has 1 nitrogen and oxygen atoms in total. The van der Waals surface area contributed by atoms with Crippen LogP contribution in [0.5, 0.6) is 0 Å². The van der Waals surface area contributed by atoms with Crippen molar-refractivity contribution in [1.29, 1.82) is 0 Å². The fraction of sp³-hybridized carbons (Fsp3) is 0.0847. The van der Waals surface area contributed by atoms with Crippen molar-refractivity contribution in [3.63, 3.8) is 0 Å². The van der Waals surface area contributed by atoms with Crippen LogP contribution in [0, 0.1) is 0 Å². The molecule has 0 spiro atoms. The van der Waals surface area contributed by atoms with E-state index in [1.807, 2.05) is 11.3 Å². The molecule has 2 heteroatoms. The van der Waals surface area contributed by atoms with Crippen molar-refractivity contribution in [1.82, 2.24) is 0 Å². The third-order valence-corrected chi connectivity index (χ3v) is 14.9. The van der Waals surface area contributed by atoms with E-state index < -0.39 is 0 Å². The standard InChI is InChI=1S/C59H43NS/c1-58(2)52-24-10-7-20-47(52)50-23-14-22-45(57(50)58)38-27-30-42(31-28-38)60(43-18-13-15-39(35-43)40-29-34-56-51(36-40)49-21-9-12-26-55(49)61-56)44-32-33-48-46-19-8-11-25-53(46)59(3,54(48)37-44)41-16-5-4-6-17-41/h4-37H,1-3H3. The van der Waals surface area contributed by atoms with Crippen LogP contribution >= 0.6 is 11.3 Å². The average Bonchev–Trinajstić information content (AvgIpc) is 3.90. The van der Waals surface area contributed by atoms with E-state index in [9.17, 15) is 0 Å². The summed E-state index contributed by atoms with van der Waals surface area (Å²) in [6.45, 7) is 7.15. The fourth-order valence-electron chi connectivity index (χ4n) is 10.8. The normalized spacial score (nSPS) is 15.7. The minimum absolute atomic E-state index is 0.0978. The van der Waals surface area contributed by atoms with Gasteiger partial charge in [0.1, 0.15) is 0 Å². The first kappa shape index (κ1) is 35.9. The van der Waals surface area contributed by atoms with Crippen LogP contribution in [0.25, 0.3) is 64.7 Å². The highest BCUT2D eigenvalue weighted by molar-refractivity contribution is 7.25. The molecule has 2 aliphatic rings. The van der Waals surface area contributed by atoms with Crippen LogP contribution in [0.1, 0.15) is 48.6 Å². The van der Waals surface area contributed by atoms with Crippen LogP contribution in [0.4, 0.5) is 17.1 Å². The highest BCUT2D eigenvalue weighted by atomic mass is 32.1. The number of thiophene rings is 1. The maximum atomic E-state index is 2.45. The van der Waals surface area contributed by atoms with Crippen LogP contribution in [0.3, 0.4) is 0 Å². The Kier molecular flexibility index (Phi) is 7.95. The molecule has 12 rings (SSSR count). The van der Waals surface area contributed by atoms with Crippen molar-refractivity contribution in [3.05, 3.63) is 234 Å². The van der Waals surface area contributed by atoms with Gasteiger partial charge in [-0.1, -0.05) is 166 Å². The Balaban J connectivity index is 1.02. The first-order chi connectivity index (χ1) is 29.9. The summed E-state index contributed by atoms with van der Waals surface area (Å²) >= 11 is 1.87. The molecule has 0 bridgehead atoms. The summed E-state index contributed by atoms with van der Waals surface area (Å²) in [5.74, 6) is 0. The molecular weight excluding hydrogens is 755 g/mol. The van der Waals surface area contributed by atoms with Crippen LogP contribution in [0.2, 0.25) is 0 Å². The van der Waals surface area contributed by atoms with E-state index in [-0.39, 0.29) is 10.8 Å². The Morgan fingerprint density at radius 1 is 0.361 bits per heavy atom. The van der Waals surface area contributed by atoms with Crippen molar-refractivity contribution in [2.45, 2.75) is 31.6 Å². The summed E-state index contributed by atoms with van der Waals surface area (Å²) in [7, 11) is 0. The van der Waals surface area contributed by atoms with E-state index in [2.05, 4.69) is 232 Å². The molecule has 9 aromatic carbocycles. The van der Waals surface area contributed by atoms with Crippen LogP contribution in [-0.4, -0.2) is 0 Å². The molecule has 0 amide bonds. The topological polar surface area (TPSA) is 3.24 Å². The van der Waals surface area contributed by atoms with Gasteiger partial charge >= 0.3 is 0 Å². The van der Waals surface area contributed by atoms with E-state index in [1.165, 1.54) is 92.5 Å². The SMILES string of the molecule is CC1(C)c2ccccc2-c2cccc(-c3ccc(N(c4cccc(-c5ccc6sc7ccccc7c6c5)c4)c4ccc5c(c4)C(C)(c4ccccc4)c4ccccc4-5)cc3)c21. The highest BCUT2D eigenvalue weighted by Crippen LogP contribution is 2.55. The van der Waals surface area contributed by atoms with E-state index in [0.717, 1.165) is 17.1 Å². The summed E-state index contributed by atoms with van der Waals surface area (Å²) in [6, 6.07) is 76.9. The predicted molar refractivity (Wildman–Crippen MR) is 260 cm³/mol. The van der Waals surface area contributed by atoms with Gasteiger partial charge in [-0.3, -0.25) is 0 Å². The van der Waals surface area contributed by atoms with Gasteiger partial charge in [0.2, 0.25) is 0 Å². The molecular formula is C59H43NS. The van der Waals surface area contributed by atoms with Gasteiger partial charge in [-0.15, -0.1) is 11.3 Å². The third kappa shape index (κ3) is 5.38. The molecule has 61 heavy (non-hydrogen) atoms. The number of hydrogen-bond donors (Lipinski definition) is 0. The summed E-state index contributed by atoms with van der Waals surface area (Å²) in [5, 5.41) is 2.63. The molecule has 0 N–H and O–H groups in total. The zero-order valence-electron chi connectivity index (χ0n) is 34.5. The zero-order chi connectivity index (χ0) is 40.9. The second-order valence-electron chi connectivity index (χ2n) is 17.4. The Labute approximate surface area is 361 Å². The first-order valence-corrected chi connectivity index (χ1v) is 22.2. The molecule has 1 atom stereocenters.